The highest BCUT2D eigenvalue weighted by Gasteiger charge is 2.00. The van der Waals surface area contributed by atoms with E-state index >= 15 is 0 Å². The number of nitrogens with one attached hydrogen (secondary N) is 1. The Morgan fingerprint density at radius 1 is 1.43 bits per heavy atom. The lowest BCUT2D eigenvalue weighted by Crippen LogP contribution is -2.05. The summed E-state index contributed by atoms with van der Waals surface area (Å²) in [6, 6.07) is 5.51. The third-order valence-corrected chi connectivity index (χ3v) is 1.81. The summed E-state index contributed by atoms with van der Waals surface area (Å²) in [5, 5.41) is 10.4. The van der Waals surface area contributed by atoms with Gasteiger partial charge in [0.05, 0.1) is 0 Å². The van der Waals surface area contributed by atoms with E-state index in [0.29, 0.717) is 0 Å². The second-order valence-electron chi connectivity index (χ2n) is 2.77. The maximum Gasteiger partial charge on any atom is 0.241 e. The van der Waals surface area contributed by atoms with Gasteiger partial charge in [-0.3, -0.25) is 4.79 Å². The first-order valence-electron chi connectivity index (χ1n) is 4.04. The van der Waals surface area contributed by atoms with Gasteiger partial charge in [-0.05, 0) is 12.1 Å². The van der Waals surface area contributed by atoms with E-state index in [1.807, 2.05) is 18.2 Å². The number of fused-ring (bicyclic) bond motifs is 1. The molecule has 1 aromatic carbocycles. The van der Waals surface area contributed by atoms with Crippen molar-refractivity contribution < 1.29 is 4.79 Å². The molecule has 5 heteroatoms. The Labute approximate surface area is 79.6 Å². The standard InChI is InChI=1S/C9H8N4O/c10-8(14)5-4-6-2-1-3-7-9(6)12-13-11-7/h1-5H,(H2,10,14)(H,11,12,13). The molecule has 0 unspecified atom stereocenters. The molecule has 0 aliphatic carbocycles. The minimum absolute atomic E-state index is 0.481. The summed E-state index contributed by atoms with van der Waals surface area (Å²) in [5.74, 6) is -0.481. The van der Waals surface area contributed by atoms with E-state index in [2.05, 4.69) is 15.4 Å². The molecule has 1 amide bonds. The maximum atomic E-state index is 10.5. The number of hydrogen-bond donors (Lipinski definition) is 2. The van der Waals surface area contributed by atoms with Crippen LogP contribution in [0.5, 0.6) is 0 Å². The van der Waals surface area contributed by atoms with E-state index in [1.165, 1.54) is 6.08 Å². The molecule has 1 heterocycles. The fourth-order valence-corrected chi connectivity index (χ4v) is 1.20. The zero-order valence-corrected chi connectivity index (χ0v) is 7.27. The molecule has 3 N–H and O–H groups in total. The Kier molecular flexibility index (Phi) is 1.98. The van der Waals surface area contributed by atoms with Gasteiger partial charge >= 0.3 is 0 Å². The Balaban J connectivity index is 2.51. The van der Waals surface area contributed by atoms with Crippen molar-refractivity contribution >= 4 is 23.0 Å². The van der Waals surface area contributed by atoms with Gasteiger partial charge in [0.1, 0.15) is 11.0 Å². The molecular weight excluding hydrogens is 180 g/mol. The lowest BCUT2D eigenvalue weighted by molar-refractivity contribution is -0.113. The summed E-state index contributed by atoms with van der Waals surface area (Å²) in [4.78, 5) is 10.5. The quantitative estimate of drug-likeness (QED) is 0.671. The highest BCUT2D eigenvalue weighted by Crippen LogP contribution is 2.14. The van der Waals surface area contributed by atoms with E-state index in [1.54, 1.807) is 6.08 Å². The summed E-state index contributed by atoms with van der Waals surface area (Å²) >= 11 is 0. The lowest BCUT2D eigenvalue weighted by Gasteiger charge is -1.91. The van der Waals surface area contributed by atoms with E-state index < -0.39 is 5.91 Å². The summed E-state index contributed by atoms with van der Waals surface area (Å²) < 4.78 is 0. The van der Waals surface area contributed by atoms with Gasteiger partial charge in [-0.15, -0.1) is 0 Å². The van der Waals surface area contributed by atoms with Crippen LogP contribution in [0.3, 0.4) is 0 Å². The second-order valence-corrected chi connectivity index (χ2v) is 2.77. The van der Waals surface area contributed by atoms with Crippen molar-refractivity contribution in [3.63, 3.8) is 0 Å². The van der Waals surface area contributed by atoms with Gasteiger partial charge in [-0.1, -0.05) is 12.1 Å². The predicted molar refractivity (Wildman–Crippen MR) is 52.1 cm³/mol. The lowest BCUT2D eigenvalue weighted by atomic mass is 10.1. The largest absolute Gasteiger partial charge is 0.366 e. The summed E-state index contributed by atoms with van der Waals surface area (Å²) in [6.45, 7) is 0. The van der Waals surface area contributed by atoms with Crippen molar-refractivity contribution in [2.75, 3.05) is 0 Å². The SMILES string of the molecule is NC(=O)C=Cc1cccc2n[nH]nc12. The summed E-state index contributed by atoms with van der Waals surface area (Å²) in [6.07, 6.45) is 2.91. The molecule has 1 aromatic heterocycles. The molecule has 2 rings (SSSR count). The van der Waals surface area contributed by atoms with Crippen molar-refractivity contribution in [3.8, 4) is 0 Å². The first-order chi connectivity index (χ1) is 6.77. The molecule has 0 atom stereocenters. The van der Waals surface area contributed by atoms with Crippen LogP contribution in [0.15, 0.2) is 24.3 Å². The summed E-state index contributed by atoms with van der Waals surface area (Å²) in [5.41, 5.74) is 7.29. The minimum Gasteiger partial charge on any atom is -0.366 e. The molecule has 0 aliphatic rings. The number of primary amides is 1. The fourth-order valence-electron chi connectivity index (χ4n) is 1.20. The molecule has 0 bridgehead atoms. The Hall–Kier alpha value is -2.17. The highest BCUT2D eigenvalue weighted by atomic mass is 16.1. The van der Waals surface area contributed by atoms with Crippen LogP contribution in [0.25, 0.3) is 17.1 Å². The van der Waals surface area contributed by atoms with Gasteiger partial charge in [0, 0.05) is 11.6 Å². The number of nitrogens with zero attached hydrogens (tertiary/aromatic N) is 2. The van der Waals surface area contributed by atoms with E-state index in [0.717, 1.165) is 16.6 Å². The van der Waals surface area contributed by atoms with Crippen molar-refractivity contribution in [1.82, 2.24) is 15.4 Å². The van der Waals surface area contributed by atoms with Crippen LogP contribution in [-0.4, -0.2) is 21.3 Å². The third kappa shape index (κ3) is 1.47. The minimum atomic E-state index is -0.481. The first-order valence-corrected chi connectivity index (χ1v) is 4.04. The van der Waals surface area contributed by atoms with Crippen LogP contribution < -0.4 is 5.73 Å². The Morgan fingerprint density at radius 3 is 3.07 bits per heavy atom. The van der Waals surface area contributed by atoms with Crippen molar-refractivity contribution in [2.45, 2.75) is 0 Å². The van der Waals surface area contributed by atoms with Crippen molar-refractivity contribution in [2.24, 2.45) is 5.73 Å². The molecule has 0 radical (unpaired) electrons. The second kappa shape index (κ2) is 3.29. The fraction of sp³-hybridized carbons (Fsp3) is 0. The Bertz CT molecular complexity index is 500. The van der Waals surface area contributed by atoms with Crippen molar-refractivity contribution in [1.29, 1.82) is 0 Å². The average molecular weight is 188 g/mol. The summed E-state index contributed by atoms with van der Waals surface area (Å²) in [7, 11) is 0. The van der Waals surface area contributed by atoms with Crippen molar-refractivity contribution in [3.05, 3.63) is 29.8 Å². The van der Waals surface area contributed by atoms with Crippen LogP contribution in [-0.2, 0) is 4.79 Å². The van der Waals surface area contributed by atoms with E-state index in [4.69, 9.17) is 5.73 Å². The predicted octanol–water partition coefficient (Wildman–Crippen LogP) is 0.456. The number of benzene rings is 1. The van der Waals surface area contributed by atoms with Gasteiger partial charge in [-0.2, -0.15) is 15.4 Å². The van der Waals surface area contributed by atoms with E-state index in [9.17, 15) is 4.79 Å². The molecule has 70 valence electrons. The van der Waals surface area contributed by atoms with Crippen LogP contribution in [0.2, 0.25) is 0 Å². The van der Waals surface area contributed by atoms with Crippen LogP contribution in [0.1, 0.15) is 5.56 Å². The Morgan fingerprint density at radius 2 is 2.29 bits per heavy atom. The molecule has 0 saturated heterocycles. The molecule has 14 heavy (non-hydrogen) atoms. The van der Waals surface area contributed by atoms with E-state index in [-0.39, 0.29) is 0 Å². The van der Waals surface area contributed by atoms with Gasteiger partial charge in [0.25, 0.3) is 0 Å². The molecular formula is C9H8N4O. The molecule has 0 spiro atoms. The molecule has 0 fully saturated rings. The van der Waals surface area contributed by atoms with Gasteiger partial charge in [0.2, 0.25) is 5.91 Å². The average Bonchev–Trinajstić information content (AvgIpc) is 2.62. The van der Waals surface area contributed by atoms with Crippen LogP contribution in [0, 0.1) is 0 Å². The number of para-hydroxylation sites is 1. The highest BCUT2D eigenvalue weighted by molar-refractivity contribution is 5.93. The number of H-pyrrole nitrogens is 1. The smallest absolute Gasteiger partial charge is 0.241 e. The first kappa shape index (κ1) is 8.43. The van der Waals surface area contributed by atoms with Gasteiger partial charge < -0.3 is 5.73 Å². The molecule has 5 nitrogen and oxygen atoms in total. The molecule has 2 aromatic rings. The molecule has 0 aliphatic heterocycles. The number of amides is 1. The monoisotopic (exact) mass is 188 g/mol. The van der Waals surface area contributed by atoms with Crippen LogP contribution in [0.4, 0.5) is 0 Å². The topological polar surface area (TPSA) is 84.7 Å². The van der Waals surface area contributed by atoms with Crippen LogP contribution >= 0.6 is 0 Å². The number of aromatic amines is 1. The zero-order valence-electron chi connectivity index (χ0n) is 7.27. The maximum absolute atomic E-state index is 10.5. The number of carbonyl (C=O) groups excluding carboxylic acids is 1. The van der Waals surface area contributed by atoms with Gasteiger partial charge in [0.15, 0.2) is 0 Å². The number of aromatic nitrogens is 3. The number of carbonyl (C=O) groups is 1. The number of rotatable bonds is 2. The number of hydrogen-bond acceptors (Lipinski definition) is 3. The normalized spacial score (nSPS) is 11.1. The zero-order chi connectivity index (χ0) is 9.97. The van der Waals surface area contributed by atoms with Gasteiger partial charge in [-0.25, -0.2) is 0 Å². The molecule has 0 saturated carbocycles. The number of nitrogens with two attached hydrogens (primary N) is 1. The third-order valence-electron chi connectivity index (χ3n) is 1.81.